The number of carbonyl (C=O) groups is 1. The van der Waals surface area contributed by atoms with Crippen molar-refractivity contribution in [3.63, 3.8) is 0 Å². The maximum absolute atomic E-state index is 10.3. The van der Waals surface area contributed by atoms with Gasteiger partial charge in [0.05, 0.1) is 0 Å². The van der Waals surface area contributed by atoms with E-state index in [9.17, 15) is 13.2 Å². The first-order valence-corrected chi connectivity index (χ1v) is 3.82. The van der Waals surface area contributed by atoms with Gasteiger partial charge in [-0.15, -0.1) is 0 Å². The Morgan fingerprint density at radius 3 is 2.36 bits per heavy atom. The van der Waals surface area contributed by atoms with Gasteiger partial charge in [0.2, 0.25) is 0 Å². The smallest absolute Gasteiger partial charge is 0.319 e. The van der Waals surface area contributed by atoms with Crippen LogP contribution in [0.3, 0.4) is 0 Å². The molecule has 0 aromatic heterocycles. The summed E-state index contributed by atoms with van der Waals surface area (Å²) in [7, 11) is -4.75. The van der Waals surface area contributed by atoms with Crippen LogP contribution in [-0.2, 0) is 24.4 Å². The molecule has 0 amide bonds. The first kappa shape index (κ1) is 10.3. The molecule has 0 aromatic carbocycles. The van der Waals surface area contributed by atoms with E-state index < -0.39 is 22.4 Å². The first-order chi connectivity index (χ1) is 4.83. The van der Waals surface area contributed by atoms with Crippen LogP contribution in [0.1, 0.15) is 6.92 Å². The Kier molecular flexibility index (Phi) is 3.39. The monoisotopic (exact) mass is 185 g/mol. The fourth-order valence-electron chi connectivity index (χ4n) is 0.152. The minimum atomic E-state index is -4.75. The molecule has 0 aliphatic rings. The molecule has 0 rings (SSSR count). The molecule has 1 unspecified atom stereocenters. The van der Waals surface area contributed by atoms with Gasteiger partial charge in [-0.2, -0.15) is 8.42 Å². The Morgan fingerprint density at radius 2 is 2.09 bits per heavy atom. The maximum Gasteiger partial charge on any atom is 0.432 e. The molecule has 8 heteroatoms. The summed E-state index contributed by atoms with van der Waals surface area (Å²) >= 11 is 0. The van der Waals surface area contributed by atoms with Gasteiger partial charge in [0.25, 0.3) is 0 Å². The zero-order valence-corrected chi connectivity index (χ0v) is 6.37. The standard InChI is InChI=1S/C3H7NO6S/c1-2(4)3(5)9-10-11(6,7)8/h2H,4H2,1H3,(H,6,7,8). The molecule has 0 radical (unpaired) electrons. The quantitative estimate of drug-likeness (QED) is 0.316. The summed E-state index contributed by atoms with van der Waals surface area (Å²) in [5.74, 6) is -1.09. The average molecular weight is 185 g/mol. The number of hydrogen-bond donors (Lipinski definition) is 2. The molecule has 0 bridgehead atoms. The Hall–Kier alpha value is -0.700. The Bertz CT molecular complexity index is 230. The molecular formula is C3H7NO6S. The summed E-state index contributed by atoms with van der Waals surface area (Å²) in [5.41, 5.74) is 4.93. The van der Waals surface area contributed by atoms with Crippen molar-refractivity contribution in [3.8, 4) is 0 Å². The minimum Gasteiger partial charge on any atom is -0.319 e. The van der Waals surface area contributed by atoms with Crippen LogP contribution in [0.15, 0.2) is 0 Å². The maximum atomic E-state index is 10.3. The van der Waals surface area contributed by atoms with Crippen LogP contribution in [0.2, 0.25) is 0 Å². The van der Waals surface area contributed by atoms with Crippen LogP contribution in [-0.4, -0.2) is 25.0 Å². The fourth-order valence-corrected chi connectivity index (χ4v) is 0.305. The van der Waals surface area contributed by atoms with Crippen LogP contribution in [0.4, 0.5) is 0 Å². The van der Waals surface area contributed by atoms with Gasteiger partial charge in [-0.25, -0.2) is 4.79 Å². The normalized spacial score (nSPS) is 14.1. The molecule has 0 aliphatic carbocycles. The van der Waals surface area contributed by atoms with E-state index in [0.717, 1.165) is 0 Å². The predicted molar refractivity (Wildman–Crippen MR) is 32.4 cm³/mol. The lowest BCUT2D eigenvalue weighted by molar-refractivity contribution is -0.215. The van der Waals surface area contributed by atoms with E-state index in [1.165, 1.54) is 6.92 Å². The lowest BCUT2D eigenvalue weighted by atomic mass is 10.4. The summed E-state index contributed by atoms with van der Waals surface area (Å²) in [5, 5.41) is 0. The highest BCUT2D eigenvalue weighted by atomic mass is 32.3. The first-order valence-electron chi connectivity index (χ1n) is 2.46. The summed E-state index contributed by atoms with van der Waals surface area (Å²) in [4.78, 5) is 13.9. The molecule has 1 atom stereocenters. The molecular weight excluding hydrogens is 178 g/mol. The summed E-state index contributed by atoms with van der Waals surface area (Å²) in [6.07, 6.45) is 0. The third kappa shape index (κ3) is 5.73. The van der Waals surface area contributed by atoms with Crippen molar-refractivity contribution >= 4 is 16.4 Å². The lowest BCUT2D eigenvalue weighted by Gasteiger charge is -2.01. The van der Waals surface area contributed by atoms with Crippen molar-refractivity contribution in [1.82, 2.24) is 0 Å². The molecule has 0 aromatic rings. The lowest BCUT2D eigenvalue weighted by Crippen LogP contribution is -2.29. The predicted octanol–water partition coefficient (Wildman–Crippen LogP) is -1.39. The van der Waals surface area contributed by atoms with E-state index in [1.54, 1.807) is 0 Å². The highest BCUT2D eigenvalue weighted by Crippen LogP contribution is 1.90. The van der Waals surface area contributed by atoms with Gasteiger partial charge in [0.1, 0.15) is 6.04 Å². The van der Waals surface area contributed by atoms with E-state index >= 15 is 0 Å². The van der Waals surface area contributed by atoms with Gasteiger partial charge in [0.15, 0.2) is 0 Å². The average Bonchev–Trinajstić information content (AvgIpc) is 1.80. The van der Waals surface area contributed by atoms with Crippen LogP contribution < -0.4 is 5.73 Å². The molecule has 3 N–H and O–H groups in total. The van der Waals surface area contributed by atoms with Crippen LogP contribution in [0.5, 0.6) is 0 Å². The highest BCUT2D eigenvalue weighted by Gasteiger charge is 2.14. The third-order valence-electron chi connectivity index (χ3n) is 0.574. The zero-order valence-electron chi connectivity index (χ0n) is 5.55. The van der Waals surface area contributed by atoms with Crippen LogP contribution in [0.25, 0.3) is 0 Å². The SMILES string of the molecule is CC(N)C(=O)OOS(=O)(=O)O. The highest BCUT2D eigenvalue weighted by molar-refractivity contribution is 7.80. The van der Waals surface area contributed by atoms with Gasteiger partial charge < -0.3 is 5.73 Å². The molecule has 7 nitrogen and oxygen atoms in total. The number of nitrogens with two attached hydrogens (primary N) is 1. The largest absolute Gasteiger partial charge is 0.432 e. The molecule has 0 saturated heterocycles. The number of hydrogen-bond acceptors (Lipinski definition) is 6. The van der Waals surface area contributed by atoms with Crippen molar-refractivity contribution in [1.29, 1.82) is 0 Å². The molecule has 0 heterocycles. The van der Waals surface area contributed by atoms with Crippen molar-refractivity contribution < 1.29 is 27.0 Å². The third-order valence-corrected chi connectivity index (χ3v) is 0.814. The van der Waals surface area contributed by atoms with Crippen molar-refractivity contribution in [2.24, 2.45) is 5.73 Å². The molecule has 0 spiro atoms. The summed E-state index contributed by atoms with van der Waals surface area (Å²) in [6.45, 7) is 1.26. The van der Waals surface area contributed by atoms with Gasteiger partial charge in [-0.3, -0.25) is 9.44 Å². The van der Waals surface area contributed by atoms with E-state index in [0.29, 0.717) is 0 Å². The number of carbonyl (C=O) groups excluding carboxylic acids is 1. The summed E-state index contributed by atoms with van der Waals surface area (Å²) < 4.78 is 30.7. The second-order valence-corrected chi connectivity index (χ2v) is 2.68. The molecule has 0 fully saturated rings. The molecule has 11 heavy (non-hydrogen) atoms. The summed E-state index contributed by atoms with van der Waals surface area (Å²) in [6, 6.07) is -1.02. The van der Waals surface area contributed by atoms with Crippen LogP contribution in [0, 0.1) is 0 Å². The molecule has 0 saturated carbocycles. The zero-order chi connectivity index (χ0) is 9.07. The topological polar surface area (TPSA) is 116 Å². The second-order valence-electron chi connectivity index (χ2n) is 1.69. The van der Waals surface area contributed by atoms with Crippen LogP contribution >= 0.6 is 0 Å². The van der Waals surface area contributed by atoms with Gasteiger partial charge >= 0.3 is 16.4 Å². The van der Waals surface area contributed by atoms with E-state index in [2.05, 4.69) is 9.22 Å². The van der Waals surface area contributed by atoms with Crippen molar-refractivity contribution in [2.45, 2.75) is 13.0 Å². The minimum absolute atomic E-state index is 1.02. The van der Waals surface area contributed by atoms with Gasteiger partial charge in [0, 0.05) is 0 Å². The Labute approximate surface area is 63.0 Å². The number of rotatable bonds is 3. The van der Waals surface area contributed by atoms with Gasteiger partial charge in [-0.05, 0) is 11.3 Å². The molecule has 0 aliphatic heterocycles. The Balaban J connectivity index is 3.83. The second kappa shape index (κ2) is 3.62. The molecule has 66 valence electrons. The van der Waals surface area contributed by atoms with Crippen molar-refractivity contribution in [2.75, 3.05) is 0 Å². The van der Waals surface area contributed by atoms with Gasteiger partial charge in [-0.1, -0.05) is 0 Å². The van der Waals surface area contributed by atoms with E-state index in [1.807, 2.05) is 0 Å². The van der Waals surface area contributed by atoms with E-state index in [-0.39, 0.29) is 0 Å². The van der Waals surface area contributed by atoms with Crippen molar-refractivity contribution in [3.05, 3.63) is 0 Å². The fraction of sp³-hybridized carbons (Fsp3) is 0.667. The van der Waals surface area contributed by atoms with E-state index in [4.69, 9.17) is 10.3 Å². The Morgan fingerprint density at radius 1 is 1.64 bits per heavy atom.